The molecule has 0 bridgehead atoms. The predicted molar refractivity (Wildman–Crippen MR) is 71.6 cm³/mol. The first-order valence-corrected chi connectivity index (χ1v) is 6.44. The summed E-state index contributed by atoms with van der Waals surface area (Å²) in [6.07, 6.45) is 3.55. The van der Waals surface area contributed by atoms with Gasteiger partial charge < -0.3 is 10.0 Å². The molecule has 2 rings (SSSR count). The topological polar surface area (TPSA) is 52.5 Å². The van der Waals surface area contributed by atoms with E-state index in [-0.39, 0.29) is 0 Å². The maximum Gasteiger partial charge on any atom is 0.225 e. The molecule has 1 atom stereocenters. The van der Waals surface area contributed by atoms with Crippen molar-refractivity contribution in [3.8, 4) is 0 Å². The van der Waals surface area contributed by atoms with Gasteiger partial charge in [-0.15, -0.1) is 0 Å². The third-order valence-electron chi connectivity index (χ3n) is 3.19. The van der Waals surface area contributed by atoms with Crippen molar-refractivity contribution in [2.24, 2.45) is 0 Å². The number of hydrogen-bond acceptors (Lipinski definition) is 5. The zero-order chi connectivity index (χ0) is 13.2. The standard InChI is InChI=1S/C13H22N4O/c1-11-9-16(12-14-5-4-6-15-12)7-8-17(11)10-13(2,3)18/h4-6,11,18H,7-10H2,1-3H3/t11-/m1/s1. The fourth-order valence-corrected chi connectivity index (χ4v) is 2.36. The number of hydrogen-bond donors (Lipinski definition) is 1. The van der Waals surface area contributed by atoms with Gasteiger partial charge in [0, 0.05) is 44.6 Å². The fraction of sp³-hybridized carbons (Fsp3) is 0.692. The summed E-state index contributed by atoms with van der Waals surface area (Å²) in [6, 6.07) is 2.23. The van der Waals surface area contributed by atoms with Crippen LogP contribution in [-0.4, -0.2) is 57.8 Å². The van der Waals surface area contributed by atoms with E-state index in [0.29, 0.717) is 12.6 Å². The Kier molecular flexibility index (Phi) is 3.82. The van der Waals surface area contributed by atoms with Gasteiger partial charge in [-0.05, 0) is 26.8 Å². The molecule has 0 unspecified atom stereocenters. The van der Waals surface area contributed by atoms with Gasteiger partial charge >= 0.3 is 0 Å². The number of rotatable bonds is 3. The Bertz CT molecular complexity index is 376. The zero-order valence-corrected chi connectivity index (χ0v) is 11.4. The highest BCUT2D eigenvalue weighted by Crippen LogP contribution is 2.16. The molecule has 5 nitrogen and oxygen atoms in total. The lowest BCUT2D eigenvalue weighted by Gasteiger charge is -2.41. The maximum atomic E-state index is 9.89. The first-order valence-electron chi connectivity index (χ1n) is 6.44. The van der Waals surface area contributed by atoms with Gasteiger partial charge in [-0.3, -0.25) is 4.90 Å². The second-order valence-electron chi connectivity index (χ2n) is 5.63. The fourth-order valence-electron chi connectivity index (χ4n) is 2.36. The van der Waals surface area contributed by atoms with Gasteiger partial charge in [0.05, 0.1) is 5.60 Å². The molecule has 2 heterocycles. The van der Waals surface area contributed by atoms with Crippen LogP contribution in [0.3, 0.4) is 0 Å². The van der Waals surface area contributed by atoms with Gasteiger partial charge in [0.1, 0.15) is 0 Å². The highest BCUT2D eigenvalue weighted by molar-refractivity contribution is 5.29. The van der Waals surface area contributed by atoms with Crippen molar-refractivity contribution in [1.82, 2.24) is 14.9 Å². The molecule has 100 valence electrons. The molecule has 1 aliphatic rings. The van der Waals surface area contributed by atoms with Crippen LogP contribution in [-0.2, 0) is 0 Å². The van der Waals surface area contributed by atoms with E-state index in [1.165, 1.54) is 0 Å². The van der Waals surface area contributed by atoms with Crippen molar-refractivity contribution in [3.63, 3.8) is 0 Å². The molecule has 0 radical (unpaired) electrons. The first-order chi connectivity index (χ1) is 8.46. The highest BCUT2D eigenvalue weighted by atomic mass is 16.3. The molecule has 1 saturated heterocycles. The van der Waals surface area contributed by atoms with Crippen LogP contribution in [0, 0.1) is 0 Å². The highest BCUT2D eigenvalue weighted by Gasteiger charge is 2.28. The number of anilines is 1. The number of nitrogens with zero attached hydrogens (tertiary/aromatic N) is 4. The second kappa shape index (κ2) is 5.20. The molecule has 1 aliphatic heterocycles. The smallest absolute Gasteiger partial charge is 0.225 e. The molecular formula is C13H22N4O. The van der Waals surface area contributed by atoms with Crippen LogP contribution in [0.15, 0.2) is 18.5 Å². The molecule has 0 saturated carbocycles. The van der Waals surface area contributed by atoms with Gasteiger partial charge in [0.15, 0.2) is 0 Å². The van der Waals surface area contributed by atoms with E-state index in [1.54, 1.807) is 12.4 Å². The van der Waals surface area contributed by atoms with Crippen LogP contribution in [0.1, 0.15) is 20.8 Å². The summed E-state index contributed by atoms with van der Waals surface area (Å²) in [5.74, 6) is 0.798. The average molecular weight is 250 g/mol. The van der Waals surface area contributed by atoms with Crippen LogP contribution in [0.5, 0.6) is 0 Å². The SMILES string of the molecule is C[C@@H]1CN(c2ncccn2)CCN1CC(C)(C)O. The summed E-state index contributed by atoms with van der Waals surface area (Å²) in [5, 5.41) is 9.89. The Balaban J connectivity index is 1.96. The summed E-state index contributed by atoms with van der Waals surface area (Å²) in [5.41, 5.74) is -0.639. The van der Waals surface area contributed by atoms with E-state index in [1.807, 2.05) is 19.9 Å². The van der Waals surface area contributed by atoms with Gasteiger partial charge in [0.25, 0.3) is 0 Å². The molecule has 0 spiro atoms. The minimum Gasteiger partial charge on any atom is -0.389 e. The van der Waals surface area contributed by atoms with Crippen LogP contribution in [0.4, 0.5) is 5.95 Å². The van der Waals surface area contributed by atoms with Gasteiger partial charge in [0.2, 0.25) is 5.95 Å². The molecule has 1 N–H and O–H groups in total. The zero-order valence-electron chi connectivity index (χ0n) is 11.4. The van der Waals surface area contributed by atoms with E-state index in [4.69, 9.17) is 0 Å². The normalized spacial score (nSPS) is 22.2. The van der Waals surface area contributed by atoms with Crippen LogP contribution >= 0.6 is 0 Å². The molecule has 1 aromatic heterocycles. The van der Waals surface area contributed by atoms with Crippen LogP contribution in [0.2, 0.25) is 0 Å². The van der Waals surface area contributed by atoms with E-state index in [2.05, 4.69) is 26.7 Å². The molecular weight excluding hydrogens is 228 g/mol. The maximum absolute atomic E-state index is 9.89. The Morgan fingerprint density at radius 2 is 2.00 bits per heavy atom. The van der Waals surface area contributed by atoms with E-state index in [0.717, 1.165) is 25.6 Å². The largest absolute Gasteiger partial charge is 0.389 e. The minimum absolute atomic E-state index is 0.397. The summed E-state index contributed by atoms with van der Waals surface area (Å²) in [4.78, 5) is 13.1. The molecule has 0 aliphatic carbocycles. The van der Waals surface area contributed by atoms with Gasteiger partial charge in [-0.1, -0.05) is 0 Å². The summed E-state index contributed by atoms with van der Waals surface area (Å²) >= 11 is 0. The first kappa shape index (κ1) is 13.2. The number of piperazine rings is 1. The Labute approximate surface area is 108 Å². The third-order valence-corrected chi connectivity index (χ3v) is 3.19. The molecule has 1 aromatic rings. The summed E-state index contributed by atoms with van der Waals surface area (Å²) in [7, 11) is 0. The average Bonchev–Trinajstić information content (AvgIpc) is 2.31. The van der Waals surface area contributed by atoms with Gasteiger partial charge in [-0.25, -0.2) is 9.97 Å². The van der Waals surface area contributed by atoms with Crippen molar-refractivity contribution in [1.29, 1.82) is 0 Å². The van der Waals surface area contributed by atoms with Crippen molar-refractivity contribution in [2.75, 3.05) is 31.1 Å². The lowest BCUT2D eigenvalue weighted by atomic mass is 10.1. The molecule has 0 aromatic carbocycles. The Morgan fingerprint density at radius 1 is 1.33 bits per heavy atom. The van der Waals surface area contributed by atoms with Crippen molar-refractivity contribution in [3.05, 3.63) is 18.5 Å². The van der Waals surface area contributed by atoms with E-state index >= 15 is 0 Å². The van der Waals surface area contributed by atoms with Crippen molar-refractivity contribution in [2.45, 2.75) is 32.4 Å². The monoisotopic (exact) mass is 250 g/mol. The van der Waals surface area contributed by atoms with E-state index in [9.17, 15) is 5.11 Å². The van der Waals surface area contributed by atoms with Crippen LogP contribution in [0.25, 0.3) is 0 Å². The molecule has 18 heavy (non-hydrogen) atoms. The Hall–Kier alpha value is -1.20. The second-order valence-corrected chi connectivity index (χ2v) is 5.63. The number of β-amino-alcohol motifs (C(OH)–C–C–N with tert-alkyl or cyclic N) is 1. The molecule has 1 fully saturated rings. The number of aromatic nitrogens is 2. The predicted octanol–water partition coefficient (Wildman–Crippen LogP) is 0.758. The Morgan fingerprint density at radius 3 is 2.56 bits per heavy atom. The number of aliphatic hydroxyl groups is 1. The van der Waals surface area contributed by atoms with E-state index < -0.39 is 5.60 Å². The summed E-state index contributed by atoms with van der Waals surface area (Å²) < 4.78 is 0. The molecule has 0 amide bonds. The quantitative estimate of drug-likeness (QED) is 0.858. The lowest BCUT2D eigenvalue weighted by molar-refractivity contribution is 0.0200. The van der Waals surface area contributed by atoms with Crippen LogP contribution < -0.4 is 4.90 Å². The third kappa shape index (κ3) is 3.40. The van der Waals surface area contributed by atoms with Crippen molar-refractivity contribution >= 4 is 5.95 Å². The van der Waals surface area contributed by atoms with Gasteiger partial charge in [-0.2, -0.15) is 0 Å². The summed E-state index contributed by atoms with van der Waals surface area (Å²) in [6.45, 7) is 9.34. The molecule has 5 heteroatoms. The lowest BCUT2D eigenvalue weighted by Crippen LogP contribution is -2.55. The van der Waals surface area contributed by atoms with Crippen molar-refractivity contribution < 1.29 is 5.11 Å². The minimum atomic E-state index is -0.639.